The average molecular weight is 468 g/mol. The minimum absolute atomic E-state index is 0.140. The van der Waals surface area contributed by atoms with Crippen LogP contribution < -0.4 is 15.0 Å². The molecule has 1 N–H and O–H groups in total. The molecule has 2 amide bonds. The summed E-state index contributed by atoms with van der Waals surface area (Å²) in [5.74, 6) is -0.373. The van der Waals surface area contributed by atoms with Gasteiger partial charge in [0.15, 0.2) is 6.61 Å². The van der Waals surface area contributed by atoms with Crippen LogP contribution >= 0.6 is 11.3 Å². The smallest absolute Gasteiger partial charge is 0.271 e. The van der Waals surface area contributed by atoms with Gasteiger partial charge in [-0.05, 0) is 24.3 Å². The number of carbonyl (C=O) groups excluding carboxylic acids is 2. The van der Waals surface area contributed by atoms with Crippen LogP contribution in [0.1, 0.15) is 5.01 Å². The van der Waals surface area contributed by atoms with Crippen LogP contribution in [-0.4, -0.2) is 48.6 Å². The molecule has 1 aliphatic heterocycles. The number of thiazole rings is 1. The summed E-state index contributed by atoms with van der Waals surface area (Å²) in [6.07, 6.45) is 0.706. The summed E-state index contributed by atoms with van der Waals surface area (Å²) < 4.78 is 10.6. The van der Waals surface area contributed by atoms with Gasteiger partial charge in [-0.1, -0.05) is 6.07 Å². The Balaban J connectivity index is 1.54. The monoisotopic (exact) mass is 468 g/mol. The predicted molar refractivity (Wildman–Crippen MR) is 123 cm³/mol. The van der Waals surface area contributed by atoms with Gasteiger partial charge >= 0.3 is 0 Å². The van der Waals surface area contributed by atoms with E-state index in [2.05, 4.69) is 10.3 Å². The zero-order chi connectivity index (χ0) is 23.4. The quantitative estimate of drug-likeness (QED) is 0.397. The number of amides is 2. The standard InChI is InChI=1S/C22H20N4O6S/c1-31-8-7-21-24-17(13-33-21)14-5-6-19-18(9-14)25(22(28)12-32-19)11-20(27)23-15-3-2-4-16(10-15)26(29)30/h2-6,9-10,13H,7-8,11-12H2,1H3,(H,23,27). The number of fused-ring (bicyclic) bond motifs is 1. The highest BCUT2D eigenvalue weighted by molar-refractivity contribution is 7.09. The lowest BCUT2D eigenvalue weighted by Crippen LogP contribution is -2.43. The Morgan fingerprint density at radius 3 is 2.97 bits per heavy atom. The number of benzene rings is 2. The fourth-order valence-corrected chi connectivity index (χ4v) is 4.11. The van der Waals surface area contributed by atoms with Gasteiger partial charge in [0.2, 0.25) is 5.91 Å². The van der Waals surface area contributed by atoms with E-state index in [-0.39, 0.29) is 30.4 Å². The highest BCUT2D eigenvalue weighted by Crippen LogP contribution is 2.36. The minimum Gasteiger partial charge on any atom is -0.482 e. The lowest BCUT2D eigenvalue weighted by Gasteiger charge is -2.29. The van der Waals surface area contributed by atoms with Gasteiger partial charge in [-0.25, -0.2) is 4.98 Å². The highest BCUT2D eigenvalue weighted by Gasteiger charge is 2.28. The largest absolute Gasteiger partial charge is 0.482 e. The molecule has 0 aliphatic carbocycles. The van der Waals surface area contributed by atoms with Crippen LogP contribution in [0.25, 0.3) is 11.3 Å². The summed E-state index contributed by atoms with van der Waals surface area (Å²) >= 11 is 1.52. The van der Waals surface area contributed by atoms with Crippen molar-refractivity contribution in [1.82, 2.24) is 4.98 Å². The zero-order valence-electron chi connectivity index (χ0n) is 17.6. The first-order valence-corrected chi connectivity index (χ1v) is 10.9. The van der Waals surface area contributed by atoms with Gasteiger partial charge in [-0.3, -0.25) is 24.6 Å². The van der Waals surface area contributed by atoms with Crippen molar-refractivity contribution >= 4 is 40.2 Å². The number of ether oxygens (including phenoxy) is 2. The first kappa shape index (κ1) is 22.4. The molecule has 3 aromatic rings. The number of aromatic nitrogens is 1. The zero-order valence-corrected chi connectivity index (χ0v) is 18.5. The third kappa shape index (κ3) is 5.16. The highest BCUT2D eigenvalue weighted by atomic mass is 32.1. The number of non-ortho nitro benzene ring substituents is 1. The van der Waals surface area contributed by atoms with Crippen LogP contribution in [0.2, 0.25) is 0 Å². The molecule has 0 unspecified atom stereocenters. The van der Waals surface area contributed by atoms with Crippen molar-refractivity contribution in [2.24, 2.45) is 0 Å². The molecule has 0 spiro atoms. The van der Waals surface area contributed by atoms with E-state index < -0.39 is 10.8 Å². The van der Waals surface area contributed by atoms with E-state index >= 15 is 0 Å². The molecule has 0 radical (unpaired) electrons. The van der Waals surface area contributed by atoms with Crippen molar-refractivity contribution < 1.29 is 24.0 Å². The number of nitrogens with one attached hydrogen (secondary N) is 1. The van der Waals surface area contributed by atoms with Crippen LogP contribution in [0.3, 0.4) is 0 Å². The number of nitro groups is 1. The molecule has 0 saturated carbocycles. The summed E-state index contributed by atoms with van der Waals surface area (Å²) in [6, 6.07) is 11.0. The molecule has 33 heavy (non-hydrogen) atoms. The molecule has 170 valence electrons. The summed E-state index contributed by atoms with van der Waals surface area (Å²) in [7, 11) is 1.64. The Hall–Kier alpha value is -3.83. The van der Waals surface area contributed by atoms with Crippen molar-refractivity contribution in [2.75, 3.05) is 37.1 Å². The van der Waals surface area contributed by atoms with Gasteiger partial charge < -0.3 is 14.8 Å². The Labute approximate surface area is 192 Å². The van der Waals surface area contributed by atoms with Gasteiger partial charge in [-0.2, -0.15) is 0 Å². The van der Waals surface area contributed by atoms with Crippen LogP contribution in [0.15, 0.2) is 47.8 Å². The predicted octanol–water partition coefficient (Wildman–Crippen LogP) is 3.27. The molecule has 10 nitrogen and oxygen atoms in total. The van der Waals surface area contributed by atoms with E-state index in [4.69, 9.17) is 9.47 Å². The lowest BCUT2D eigenvalue weighted by molar-refractivity contribution is -0.384. The van der Waals surface area contributed by atoms with E-state index in [9.17, 15) is 19.7 Å². The van der Waals surface area contributed by atoms with Crippen LogP contribution in [0.4, 0.5) is 17.1 Å². The van der Waals surface area contributed by atoms with Crippen molar-refractivity contribution in [3.8, 4) is 17.0 Å². The Bertz CT molecular complexity index is 1210. The minimum atomic E-state index is -0.544. The summed E-state index contributed by atoms with van der Waals surface area (Å²) in [5, 5.41) is 16.4. The van der Waals surface area contributed by atoms with Crippen molar-refractivity contribution in [2.45, 2.75) is 6.42 Å². The number of carbonyl (C=O) groups is 2. The molecular weight excluding hydrogens is 448 g/mol. The van der Waals surface area contributed by atoms with E-state index in [0.29, 0.717) is 24.5 Å². The third-order valence-electron chi connectivity index (χ3n) is 4.91. The van der Waals surface area contributed by atoms with Gasteiger partial charge in [0.05, 0.1) is 27.9 Å². The number of anilines is 2. The number of hydrogen-bond donors (Lipinski definition) is 1. The maximum absolute atomic E-state index is 12.6. The summed E-state index contributed by atoms with van der Waals surface area (Å²) in [5.41, 5.74) is 2.14. The maximum Gasteiger partial charge on any atom is 0.271 e. The molecule has 4 rings (SSSR count). The van der Waals surface area contributed by atoms with Gasteiger partial charge in [0.25, 0.3) is 11.6 Å². The van der Waals surface area contributed by atoms with Gasteiger partial charge in [0.1, 0.15) is 12.3 Å². The van der Waals surface area contributed by atoms with Crippen molar-refractivity contribution in [3.63, 3.8) is 0 Å². The number of nitro benzene ring substituents is 1. The SMILES string of the molecule is COCCc1nc(-c2ccc3c(c2)N(CC(=O)Nc2cccc([N+](=O)[O-])c2)C(=O)CO3)cs1. The van der Waals surface area contributed by atoms with Crippen molar-refractivity contribution in [3.05, 3.63) is 63.0 Å². The lowest BCUT2D eigenvalue weighted by atomic mass is 10.1. The second kappa shape index (κ2) is 9.76. The summed E-state index contributed by atoms with van der Waals surface area (Å²) in [6.45, 7) is 0.124. The van der Waals surface area contributed by atoms with Gasteiger partial charge in [-0.15, -0.1) is 11.3 Å². The second-order valence-electron chi connectivity index (χ2n) is 7.18. The average Bonchev–Trinajstić information content (AvgIpc) is 3.28. The number of hydrogen-bond acceptors (Lipinski definition) is 8. The molecule has 2 aromatic carbocycles. The second-order valence-corrected chi connectivity index (χ2v) is 8.12. The van der Waals surface area contributed by atoms with E-state index in [1.807, 2.05) is 11.4 Å². The van der Waals surface area contributed by atoms with Crippen LogP contribution in [-0.2, 0) is 20.7 Å². The third-order valence-corrected chi connectivity index (χ3v) is 5.82. The molecule has 2 heterocycles. The van der Waals surface area contributed by atoms with E-state index in [1.54, 1.807) is 25.3 Å². The topological polar surface area (TPSA) is 124 Å². The van der Waals surface area contributed by atoms with Crippen LogP contribution in [0.5, 0.6) is 5.75 Å². The van der Waals surface area contributed by atoms with Crippen molar-refractivity contribution in [1.29, 1.82) is 0 Å². The number of methoxy groups -OCH3 is 1. The molecule has 0 fully saturated rings. The molecule has 1 aliphatic rings. The van der Waals surface area contributed by atoms with E-state index in [0.717, 1.165) is 16.3 Å². The first-order chi connectivity index (χ1) is 15.9. The van der Waals surface area contributed by atoms with Gasteiger partial charge in [0, 0.05) is 42.3 Å². The normalized spacial score (nSPS) is 12.8. The maximum atomic E-state index is 12.6. The molecular formula is C22H20N4O6S. The summed E-state index contributed by atoms with van der Waals surface area (Å²) in [4.78, 5) is 41.6. The molecule has 11 heteroatoms. The molecule has 0 saturated heterocycles. The fourth-order valence-electron chi connectivity index (χ4n) is 3.32. The Morgan fingerprint density at radius 2 is 2.18 bits per heavy atom. The Morgan fingerprint density at radius 1 is 1.33 bits per heavy atom. The first-order valence-electron chi connectivity index (χ1n) is 10.00. The number of rotatable bonds is 8. The van der Waals surface area contributed by atoms with Crippen LogP contribution in [0, 0.1) is 10.1 Å². The Kier molecular flexibility index (Phi) is 6.61. The number of nitrogens with zero attached hydrogens (tertiary/aromatic N) is 3. The molecule has 0 atom stereocenters. The molecule has 0 bridgehead atoms. The molecule has 1 aromatic heterocycles. The fraction of sp³-hybridized carbons (Fsp3) is 0.227. The van der Waals surface area contributed by atoms with E-state index in [1.165, 1.54) is 34.4 Å².